The lowest BCUT2D eigenvalue weighted by atomic mass is 10.1. The Balaban J connectivity index is 3.03. The Kier molecular flexibility index (Phi) is 3.52. The van der Waals surface area contributed by atoms with Crippen molar-refractivity contribution in [2.24, 2.45) is 0 Å². The number of carboxylic acids is 1. The van der Waals surface area contributed by atoms with Crippen molar-refractivity contribution in [3.8, 4) is 0 Å². The van der Waals surface area contributed by atoms with E-state index in [1.807, 2.05) is 22.6 Å². The van der Waals surface area contributed by atoms with Crippen molar-refractivity contribution in [2.45, 2.75) is 6.10 Å². The highest BCUT2D eigenvalue weighted by Gasteiger charge is 2.16. The van der Waals surface area contributed by atoms with Crippen LogP contribution in [0.25, 0.3) is 0 Å². The molecule has 1 rings (SSSR count). The van der Waals surface area contributed by atoms with Crippen molar-refractivity contribution >= 4 is 40.2 Å². The number of hydrogen-bond donors (Lipinski definition) is 2. The van der Waals surface area contributed by atoms with Crippen LogP contribution in [0.1, 0.15) is 11.7 Å². The van der Waals surface area contributed by atoms with E-state index in [0.717, 1.165) is 3.57 Å². The fourth-order valence-corrected chi connectivity index (χ4v) is 1.35. The molecule has 0 aliphatic carbocycles. The molecule has 70 valence electrons. The molecule has 5 heteroatoms. The van der Waals surface area contributed by atoms with E-state index in [1.54, 1.807) is 6.07 Å². The summed E-state index contributed by atoms with van der Waals surface area (Å²) in [6, 6.07) is 4.64. The highest BCUT2D eigenvalue weighted by Crippen LogP contribution is 2.23. The van der Waals surface area contributed by atoms with Gasteiger partial charge in [0.25, 0.3) is 0 Å². The first-order valence-corrected chi connectivity index (χ1v) is 4.84. The zero-order chi connectivity index (χ0) is 10.0. The van der Waals surface area contributed by atoms with Gasteiger partial charge in [-0.3, -0.25) is 0 Å². The van der Waals surface area contributed by atoms with Gasteiger partial charge in [-0.05, 0) is 40.3 Å². The van der Waals surface area contributed by atoms with Crippen LogP contribution < -0.4 is 0 Å². The maximum absolute atomic E-state index is 10.4. The Morgan fingerprint density at radius 1 is 1.54 bits per heavy atom. The van der Waals surface area contributed by atoms with Gasteiger partial charge >= 0.3 is 5.97 Å². The predicted molar refractivity (Wildman–Crippen MR) is 56.8 cm³/mol. The highest BCUT2D eigenvalue weighted by molar-refractivity contribution is 14.1. The number of halogens is 2. The molecule has 1 aromatic carbocycles. The normalized spacial score (nSPS) is 12.5. The zero-order valence-corrected chi connectivity index (χ0v) is 9.28. The van der Waals surface area contributed by atoms with Crippen molar-refractivity contribution in [3.05, 3.63) is 32.4 Å². The van der Waals surface area contributed by atoms with Crippen LogP contribution in [0.4, 0.5) is 0 Å². The Labute approximate surface area is 93.5 Å². The van der Waals surface area contributed by atoms with E-state index < -0.39 is 12.1 Å². The number of aliphatic carboxylic acids is 1. The second-order valence-electron chi connectivity index (χ2n) is 2.41. The molecule has 1 atom stereocenters. The van der Waals surface area contributed by atoms with E-state index in [0.29, 0.717) is 5.02 Å². The summed E-state index contributed by atoms with van der Waals surface area (Å²) < 4.78 is 0.820. The Morgan fingerprint density at radius 3 is 2.62 bits per heavy atom. The fraction of sp³-hybridized carbons (Fsp3) is 0.125. The predicted octanol–water partition coefficient (Wildman–Crippen LogP) is 2.06. The van der Waals surface area contributed by atoms with E-state index in [9.17, 15) is 4.79 Å². The molecular weight excluding hydrogens is 306 g/mol. The minimum Gasteiger partial charge on any atom is -0.479 e. The average molecular weight is 312 g/mol. The van der Waals surface area contributed by atoms with E-state index in [-0.39, 0.29) is 5.56 Å². The lowest BCUT2D eigenvalue weighted by Gasteiger charge is -2.06. The standard InChI is InChI=1S/C8H6ClIO3/c9-5-3-4(1-2-6(5)10)7(11)8(12)13/h1-3,7,11H,(H,12,13). The van der Waals surface area contributed by atoms with Gasteiger partial charge in [0.2, 0.25) is 0 Å². The minimum atomic E-state index is -1.51. The second-order valence-corrected chi connectivity index (χ2v) is 3.98. The van der Waals surface area contributed by atoms with Gasteiger partial charge in [0.1, 0.15) is 0 Å². The van der Waals surface area contributed by atoms with Crippen molar-refractivity contribution < 1.29 is 15.0 Å². The SMILES string of the molecule is O=C(O)C(O)c1ccc(I)c(Cl)c1. The smallest absolute Gasteiger partial charge is 0.337 e. The molecule has 0 amide bonds. The lowest BCUT2D eigenvalue weighted by Crippen LogP contribution is -2.10. The fourth-order valence-electron chi connectivity index (χ4n) is 0.825. The number of aliphatic hydroxyl groups is 1. The van der Waals surface area contributed by atoms with Crippen LogP contribution in [-0.4, -0.2) is 16.2 Å². The van der Waals surface area contributed by atoms with E-state index in [1.165, 1.54) is 12.1 Å². The molecule has 2 N–H and O–H groups in total. The van der Waals surface area contributed by atoms with Crippen LogP contribution in [0.5, 0.6) is 0 Å². The number of benzene rings is 1. The van der Waals surface area contributed by atoms with Crippen LogP contribution in [0, 0.1) is 3.57 Å². The van der Waals surface area contributed by atoms with Gasteiger partial charge in [0, 0.05) is 3.57 Å². The molecule has 13 heavy (non-hydrogen) atoms. The summed E-state index contributed by atoms with van der Waals surface area (Å²) in [4.78, 5) is 10.4. The van der Waals surface area contributed by atoms with Crippen LogP contribution in [-0.2, 0) is 4.79 Å². The molecule has 1 aromatic rings. The van der Waals surface area contributed by atoms with Crippen molar-refractivity contribution in [3.63, 3.8) is 0 Å². The van der Waals surface area contributed by atoms with Crippen LogP contribution >= 0.6 is 34.2 Å². The van der Waals surface area contributed by atoms with E-state index in [4.69, 9.17) is 21.8 Å². The molecule has 0 radical (unpaired) electrons. The summed E-state index contributed by atoms with van der Waals surface area (Å²) in [5, 5.41) is 18.1. The molecular formula is C8H6ClIO3. The summed E-state index contributed by atoms with van der Waals surface area (Å²) in [7, 11) is 0. The molecule has 0 fully saturated rings. The number of hydrogen-bond acceptors (Lipinski definition) is 2. The maximum Gasteiger partial charge on any atom is 0.337 e. The molecule has 3 nitrogen and oxygen atoms in total. The first kappa shape index (κ1) is 10.7. The molecule has 0 bridgehead atoms. The topological polar surface area (TPSA) is 57.5 Å². The third-order valence-electron chi connectivity index (χ3n) is 1.49. The van der Waals surface area contributed by atoms with E-state index in [2.05, 4.69) is 0 Å². The zero-order valence-electron chi connectivity index (χ0n) is 6.37. The lowest BCUT2D eigenvalue weighted by molar-refractivity contribution is -0.146. The van der Waals surface area contributed by atoms with Gasteiger partial charge in [0.15, 0.2) is 6.10 Å². The summed E-state index contributed by atoms with van der Waals surface area (Å²) in [6.07, 6.45) is -1.51. The number of rotatable bonds is 2. The third kappa shape index (κ3) is 2.55. The first-order chi connectivity index (χ1) is 6.02. The minimum absolute atomic E-state index is 0.290. The maximum atomic E-state index is 10.4. The van der Waals surface area contributed by atoms with Gasteiger partial charge < -0.3 is 10.2 Å². The molecule has 0 saturated heterocycles. The average Bonchev–Trinajstić information content (AvgIpc) is 2.08. The molecule has 0 aliphatic heterocycles. The Hall–Kier alpha value is -0.330. The van der Waals surface area contributed by atoms with Gasteiger partial charge in [-0.1, -0.05) is 17.7 Å². The third-order valence-corrected chi connectivity index (χ3v) is 3.07. The summed E-state index contributed by atoms with van der Waals surface area (Å²) in [5.74, 6) is -1.28. The molecule has 0 aliphatic rings. The van der Waals surface area contributed by atoms with Crippen molar-refractivity contribution in [1.82, 2.24) is 0 Å². The largest absolute Gasteiger partial charge is 0.479 e. The van der Waals surface area contributed by atoms with Gasteiger partial charge in [0.05, 0.1) is 5.02 Å². The number of carbonyl (C=O) groups is 1. The van der Waals surface area contributed by atoms with Crippen LogP contribution in [0.2, 0.25) is 5.02 Å². The summed E-state index contributed by atoms with van der Waals surface area (Å²) >= 11 is 7.77. The number of carboxylic acid groups (broad SMARTS) is 1. The summed E-state index contributed by atoms with van der Waals surface area (Å²) in [5.41, 5.74) is 0.290. The van der Waals surface area contributed by atoms with Crippen molar-refractivity contribution in [2.75, 3.05) is 0 Å². The van der Waals surface area contributed by atoms with Crippen LogP contribution in [0.15, 0.2) is 18.2 Å². The van der Waals surface area contributed by atoms with Gasteiger partial charge in [-0.25, -0.2) is 4.79 Å². The Morgan fingerprint density at radius 2 is 2.15 bits per heavy atom. The monoisotopic (exact) mass is 312 g/mol. The highest BCUT2D eigenvalue weighted by atomic mass is 127. The quantitative estimate of drug-likeness (QED) is 0.822. The second kappa shape index (κ2) is 4.26. The van der Waals surface area contributed by atoms with Gasteiger partial charge in [-0.15, -0.1) is 0 Å². The summed E-state index contributed by atoms with van der Waals surface area (Å²) in [6.45, 7) is 0. The molecule has 0 saturated carbocycles. The molecule has 0 heterocycles. The molecule has 1 unspecified atom stereocenters. The van der Waals surface area contributed by atoms with Gasteiger partial charge in [-0.2, -0.15) is 0 Å². The van der Waals surface area contributed by atoms with Crippen molar-refractivity contribution in [1.29, 1.82) is 0 Å². The van der Waals surface area contributed by atoms with Crippen LogP contribution in [0.3, 0.4) is 0 Å². The molecule has 0 spiro atoms. The van der Waals surface area contributed by atoms with E-state index >= 15 is 0 Å². The Bertz CT molecular complexity index is 340. The molecule has 0 aromatic heterocycles. The first-order valence-electron chi connectivity index (χ1n) is 3.38. The number of aliphatic hydroxyl groups excluding tert-OH is 1.